The van der Waals surface area contributed by atoms with Gasteiger partial charge < -0.3 is 10.3 Å². The Balaban J connectivity index is 1.59. The maximum absolute atomic E-state index is 11.4. The molecule has 1 aliphatic heterocycles. The fraction of sp³-hybridized carbons (Fsp3) is 0.600. The number of piperidine rings is 1. The second-order valence-corrected chi connectivity index (χ2v) is 6.10. The van der Waals surface area contributed by atoms with Gasteiger partial charge in [-0.25, -0.2) is 0 Å². The second kappa shape index (κ2) is 5.29. The molecule has 3 atom stereocenters. The van der Waals surface area contributed by atoms with Crippen LogP contribution < -0.4 is 5.32 Å². The van der Waals surface area contributed by atoms with Crippen molar-refractivity contribution in [2.75, 3.05) is 13.6 Å². The minimum atomic E-state index is 0.207. The summed E-state index contributed by atoms with van der Waals surface area (Å²) in [6.45, 7) is 1.69. The zero-order valence-corrected chi connectivity index (χ0v) is 11.7. The first-order valence-corrected chi connectivity index (χ1v) is 7.20. The molecular formula is C15H20N4O. The number of aromatic nitrogens is 1. The third-order valence-corrected chi connectivity index (χ3v) is 4.74. The van der Waals surface area contributed by atoms with Gasteiger partial charge in [0.25, 0.3) is 0 Å². The van der Waals surface area contributed by atoms with E-state index >= 15 is 0 Å². The molecule has 2 heterocycles. The number of nitrogens with zero attached hydrogens (tertiary/aromatic N) is 2. The summed E-state index contributed by atoms with van der Waals surface area (Å²) in [6, 6.07) is 4.56. The Morgan fingerprint density at radius 2 is 2.25 bits per heavy atom. The Labute approximate surface area is 119 Å². The number of hydrogen-bond acceptors (Lipinski definition) is 3. The average Bonchev–Trinajstić information content (AvgIpc) is 3.04. The topological polar surface area (TPSA) is 71.9 Å². The van der Waals surface area contributed by atoms with Crippen molar-refractivity contribution in [2.45, 2.75) is 31.8 Å². The molecular weight excluding hydrogens is 252 g/mol. The zero-order valence-electron chi connectivity index (χ0n) is 11.7. The third kappa shape index (κ3) is 2.56. The normalized spacial score (nSPS) is 29.1. The van der Waals surface area contributed by atoms with E-state index in [-0.39, 0.29) is 5.91 Å². The lowest BCUT2D eigenvalue weighted by molar-refractivity contribution is -0.124. The molecule has 20 heavy (non-hydrogen) atoms. The quantitative estimate of drug-likeness (QED) is 0.869. The monoisotopic (exact) mass is 272 g/mol. The summed E-state index contributed by atoms with van der Waals surface area (Å²) in [5, 5.41) is 11.8. The molecule has 5 heteroatoms. The van der Waals surface area contributed by atoms with Gasteiger partial charge in [0, 0.05) is 31.7 Å². The average molecular weight is 272 g/mol. The molecule has 1 aromatic heterocycles. The van der Waals surface area contributed by atoms with Crippen molar-refractivity contribution >= 4 is 5.91 Å². The molecule has 0 spiro atoms. The molecule has 1 saturated carbocycles. The highest BCUT2D eigenvalue weighted by atomic mass is 16.1. The van der Waals surface area contributed by atoms with Gasteiger partial charge in [0.05, 0.1) is 0 Å². The van der Waals surface area contributed by atoms with E-state index in [1.165, 1.54) is 0 Å². The van der Waals surface area contributed by atoms with Crippen LogP contribution in [0.3, 0.4) is 0 Å². The van der Waals surface area contributed by atoms with Crippen LogP contribution in [0.1, 0.15) is 30.5 Å². The smallest absolute Gasteiger partial charge is 0.220 e. The molecule has 0 bridgehead atoms. The zero-order chi connectivity index (χ0) is 14.1. The van der Waals surface area contributed by atoms with Crippen LogP contribution in [0.5, 0.6) is 0 Å². The summed E-state index contributed by atoms with van der Waals surface area (Å²) < 4.78 is 0. The highest BCUT2D eigenvalue weighted by Crippen LogP contribution is 2.38. The Kier molecular flexibility index (Phi) is 3.49. The number of carbonyl (C=O) groups excluding carboxylic acids is 1. The van der Waals surface area contributed by atoms with Crippen LogP contribution >= 0.6 is 0 Å². The Hall–Kier alpha value is -1.80. The van der Waals surface area contributed by atoms with Gasteiger partial charge >= 0.3 is 0 Å². The number of amides is 1. The molecule has 0 unspecified atom stereocenters. The predicted octanol–water partition coefficient (Wildman–Crippen LogP) is 1.23. The fourth-order valence-corrected chi connectivity index (χ4v) is 3.61. The van der Waals surface area contributed by atoms with Crippen LogP contribution in [0.15, 0.2) is 12.3 Å². The van der Waals surface area contributed by atoms with Gasteiger partial charge in [-0.2, -0.15) is 5.26 Å². The first kappa shape index (κ1) is 13.2. The molecule has 2 fully saturated rings. The van der Waals surface area contributed by atoms with Crippen molar-refractivity contribution in [1.82, 2.24) is 15.2 Å². The summed E-state index contributed by atoms with van der Waals surface area (Å²) in [5.41, 5.74) is 1.76. The molecule has 1 aliphatic carbocycles. The number of nitriles is 1. The van der Waals surface area contributed by atoms with E-state index < -0.39 is 0 Å². The van der Waals surface area contributed by atoms with Crippen LogP contribution in [0.25, 0.3) is 0 Å². The molecule has 5 nitrogen and oxygen atoms in total. The minimum Gasteiger partial charge on any atom is -0.356 e. The number of rotatable bonds is 3. The number of hydrogen-bond donors (Lipinski definition) is 2. The van der Waals surface area contributed by atoms with E-state index in [4.69, 9.17) is 5.26 Å². The largest absolute Gasteiger partial charge is 0.356 e. The van der Waals surface area contributed by atoms with E-state index in [0.717, 1.165) is 31.5 Å². The minimum absolute atomic E-state index is 0.207. The molecule has 0 aromatic carbocycles. The van der Waals surface area contributed by atoms with E-state index in [2.05, 4.69) is 28.3 Å². The maximum atomic E-state index is 11.4. The van der Waals surface area contributed by atoms with Crippen LogP contribution in [0.4, 0.5) is 0 Å². The van der Waals surface area contributed by atoms with Gasteiger partial charge in [-0.3, -0.25) is 9.69 Å². The van der Waals surface area contributed by atoms with Crippen molar-refractivity contribution in [3.8, 4) is 6.07 Å². The van der Waals surface area contributed by atoms with Crippen molar-refractivity contribution in [3.05, 3.63) is 23.5 Å². The van der Waals surface area contributed by atoms with E-state index in [0.29, 0.717) is 30.0 Å². The number of H-pyrrole nitrogens is 1. The maximum Gasteiger partial charge on any atom is 0.220 e. The molecule has 3 rings (SSSR count). The number of fused-ring (bicyclic) bond motifs is 1. The first-order valence-electron chi connectivity index (χ1n) is 7.20. The lowest BCUT2D eigenvalue weighted by Crippen LogP contribution is -2.38. The third-order valence-electron chi connectivity index (χ3n) is 4.74. The van der Waals surface area contributed by atoms with Crippen molar-refractivity contribution < 1.29 is 4.79 Å². The highest BCUT2D eigenvalue weighted by Gasteiger charge is 2.39. The highest BCUT2D eigenvalue weighted by molar-refractivity contribution is 5.77. The summed E-state index contributed by atoms with van der Waals surface area (Å²) in [7, 11) is 2.14. The second-order valence-electron chi connectivity index (χ2n) is 6.10. The Morgan fingerprint density at radius 1 is 1.45 bits per heavy atom. The van der Waals surface area contributed by atoms with Crippen LogP contribution in [0, 0.1) is 23.2 Å². The van der Waals surface area contributed by atoms with Crippen LogP contribution in [-0.4, -0.2) is 35.4 Å². The van der Waals surface area contributed by atoms with E-state index in [1.54, 1.807) is 0 Å². The number of aromatic amines is 1. The van der Waals surface area contributed by atoms with E-state index in [9.17, 15) is 4.79 Å². The molecule has 2 aliphatic rings. The van der Waals surface area contributed by atoms with Gasteiger partial charge in [-0.15, -0.1) is 0 Å². The van der Waals surface area contributed by atoms with Crippen molar-refractivity contribution in [2.24, 2.45) is 11.8 Å². The van der Waals surface area contributed by atoms with Crippen LogP contribution in [0.2, 0.25) is 0 Å². The van der Waals surface area contributed by atoms with Crippen LogP contribution in [-0.2, 0) is 11.3 Å². The Bertz CT molecular complexity index is 544. The molecule has 1 aromatic rings. The first-order chi connectivity index (χ1) is 9.65. The standard InChI is InChI=1S/C15H20N4O/c1-19(9-10-2-13(6-16)17-7-10)14-3-11-5-15(20)18-8-12(11)4-14/h2,7,11-12,14,17H,3-5,8-9H2,1H3,(H,18,20)/t11-,12+,14-/m1/s1. The van der Waals surface area contributed by atoms with Gasteiger partial charge in [-0.05, 0) is 43.4 Å². The summed E-state index contributed by atoms with van der Waals surface area (Å²) >= 11 is 0. The summed E-state index contributed by atoms with van der Waals surface area (Å²) in [5.74, 6) is 1.40. The van der Waals surface area contributed by atoms with Gasteiger partial charge in [0.15, 0.2) is 0 Å². The molecule has 106 valence electrons. The van der Waals surface area contributed by atoms with E-state index in [1.807, 2.05) is 12.3 Å². The lowest BCUT2D eigenvalue weighted by Gasteiger charge is -2.24. The van der Waals surface area contributed by atoms with Crippen molar-refractivity contribution in [1.29, 1.82) is 5.26 Å². The Morgan fingerprint density at radius 3 is 3.00 bits per heavy atom. The molecule has 1 amide bonds. The predicted molar refractivity (Wildman–Crippen MR) is 74.6 cm³/mol. The number of nitrogens with one attached hydrogen (secondary N) is 2. The SMILES string of the molecule is CN(Cc1c[nH]c(C#N)c1)[C@H]1C[C@H]2CNC(=O)C[C@H]2C1. The van der Waals surface area contributed by atoms with Gasteiger partial charge in [0.1, 0.15) is 11.8 Å². The van der Waals surface area contributed by atoms with Gasteiger partial charge in [-0.1, -0.05) is 0 Å². The number of carbonyl (C=O) groups is 1. The molecule has 2 N–H and O–H groups in total. The fourth-order valence-electron chi connectivity index (χ4n) is 3.61. The summed E-state index contributed by atoms with van der Waals surface area (Å²) in [6.07, 6.45) is 4.88. The van der Waals surface area contributed by atoms with Crippen molar-refractivity contribution in [3.63, 3.8) is 0 Å². The molecule has 0 radical (unpaired) electrons. The lowest BCUT2D eigenvalue weighted by atomic mass is 9.89. The molecule has 1 saturated heterocycles. The summed E-state index contributed by atoms with van der Waals surface area (Å²) in [4.78, 5) is 16.8. The van der Waals surface area contributed by atoms with Gasteiger partial charge in [0.2, 0.25) is 5.91 Å².